The van der Waals surface area contributed by atoms with Gasteiger partial charge >= 0.3 is 0 Å². The molecule has 7 nitrogen and oxygen atoms in total. The Balaban J connectivity index is 1.22. The summed E-state index contributed by atoms with van der Waals surface area (Å²) >= 11 is 0. The van der Waals surface area contributed by atoms with Gasteiger partial charge in [0.15, 0.2) is 5.65 Å². The summed E-state index contributed by atoms with van der Waals surface area (Å²) in [5, 5.41) is 12.5. The Hall–Kier alpha value is -2.96. The van der Waals surface area contributed by atoms with Crippen molar-refractivity contribution in [3.63, 3.8) is 0 Å². The van der Waals surface area contributed by atoms with E-state index in [1.165, 1.54) is 11.1 Å². The summed E-state index contributed by atoms with van der Waals surface area (Å²) in [6, 6.07) is 13.1. The third-order valence-electron chi connectivity index (χ3n) is 6.59. The van der Waals surface area contributed by atoms with Crippen LogP contribution in [0.5, 0.6) is 0 Å². The summed E-state index contributed by atoms with van der Waals surface area (Å²) in [7, 11) is 0. The minimum Gasteiger partial charge on any atom is -0.355 e. The standard InChI is InChI=1S/C24H30N6O/c1-17(2)19-5-3-18(4-6-19)15-29(21-7-8-21)24(31)20-11-13-28(14-12-20)23-10-9-22-26-25-16-30(22)27-23/h3-6,9-10,16-17,20-21H,7-8,11-15H2,1-2H3. The third-order valence-corrected chi connectivity index (χ3v) is 6.59. The first-order chi connectivity index (χ1) is 15.1. The minimum absolute atomic E-state index is 0.102. The fourth-order valence-corrected chi connectivity index (χ4v) is 4.45. The number of anilines is 1. The Morgan fingerprint density at radius 3 is 2.48 bits per heavy atom. The van der Waals surface area contributed by atoms with Crippen molar-refractivity contribution >= 4 is 17.4 Å². The average Bonchev–Trinajstić information content (AvgIpc) is 3.53. The molecule has 0 unspecified atom stereocenters. The maximum absolute atomic E-state index is 13.4. The summed E-state index contributed by atoms with van der Waals surface area (Å²) in [6.45, 7) is 6.84. The highest BCUT2D eigenvalue weighted by Gasteiger charge is 2.37. The van der Waals surface area contributed by atoms with Crippen LogP contribution < -0.4 is 4.90 Å². The van der Waals surface area contributed by atoms with E-state index in [1.807, 2.05) is 12.1 Å². The number of piperidine rings is 1. The fourth-order valence-electron chi connectivity index (χ4n) is 4.45. The SMILES string of the molecule is CC(C)c1ccc(CN(C(=O)C2CCN(c3ccc4nncn4n3)CC2)C2CC2)cc1. The molecule has 0 spiro atoms. The van der Waals surface area contributed by atoms with Crippen LogP contribution in [0.2, 0.25) is 0 Å². The smallest absolute Gasteiger partial charge is 0.226 e. The van der Waals surface area contributed by atoms with Gasteiger partial charge in [0.2, 0.25) is 5.91 Å². The first-order valence-electron chi connectivity index (χ1n) is 11.4. The molecule has 3 heterocycles. The quantitative estimate of drug-likeness (QED) is 0.611. The predicted molar refractivity (Wildman–Crippen MR) is 120 cm³/mol. The molecule has 0 N–H and O–H groups in total. The van der Waals surface area contributed by atoms with Gasteiger partial charge in [-0.3, -0.25) is 4.79 Å². The van der Waals surface area contributed by atoms with E-state index in [1.54, 1.807) is 10.8 Å². The number of benzene rings is 1. The number of fused-ring (bicyclic) bond motifs is 1. The molecule has 1 aliphatic carbocycles. The van der Waals surface area contributed by atoms with Gasteiger partial charge in [0.25, 0.3) is 0 Å². The van der Waals surface area contributed by atoms with Gasteiger partial charge in [0.05, 0.1) is 0 Å². The van der Waals surface area contributed by atoms with E-state index in [4.69, 9.17) is 0 Å². The van der Waals surface area contributed by atoms with Crippen LogP contribution in [0.1, 0.15) is 56.6 Å². The Bertz CT molecular complexity index is 1050. The average molecular weight is 419 g/mol. The number of carbonyl (C=O) groups is 1. The molecule has 3 aromatic rings. The van der Waals surface area contributed by atoms with Gasteiger partial charge in [-0.15, -0.1) is 15.3 Å². The van der Waals surface area contributed by atoms with Crippen LogP contribution >= 0.6 is 0 Å². The van der Waals surface area contributed by atoms with Gasteiger partial charge in [-0.2, -0.15) is 4.52 Å². The van der Waals surface area contributed by atoms with Crippen molar-refractivity contribution in [3.8, 4) is 0 Å². The lowest BCUT2D eigenvalue weighted by atomic mass is 9.94. The van der Waals surface area contributed by atoms with Gasteiger partial charge in [0, 0.05) is 31.6 Å². The number of carbonyl (C=O) groups excluding carboxylic acids is 1. The summed E-state index contributed by atoms with van der Waals surface area (Å²) < 4.78 is 1.70. The number of aromatic nitrogens is 4. The molecular formula is C24H30N6O. The molecule has 2 aliphatic rings. The molecule has 1 saturated carbocycles. The number of amides is 1. The Morgan fingerprint density at radius 2 is 1.81 bits per heavy atom. The maximum atomic E-state index is 13.4. The van der Waals surface area contributed by atoms with Crippen molar-refractivity contribution in [2.45, 2.75) is 58.0 Å². The van der Waals surface area contributed by atoms with Crippen LogP contribution in [-0.2, 0) is 11.3 Å². The molecule has 2 aromatic heterocycles. The van der Waals surface area contributed by atoms with E-state index < -0.39 is 0 Å². The second-order valence-corrected chi connectivity index (χ2v) is 9.18. The lowest BCUT2D eigenvalue weighted by Crippen LogP contribution is -2.43. The molecule has 0 bridgehead atoms. The predicted octanol–water partition coefficient (Wildman–Crippen LogP) is 3.66. The number of hydrogen-bond acceptors (Lipinski definition) is 5. The lowest BCUT2D eigenvalue weighted by molar-refractivity contribution is -0.137. The summed E-state index contributed by atoms with van der Waals surface area (Å²) in [5.41, 5.74) is 3.32. The van der Waals surface area contributed by atoms with Crippen LogP contribution in [-0.4, -0.2) is 49.7 Å². The number of nitrogens with zero attached hydrogens (tertiary/aromatic N) is 6. The van der Waals surface area contributed by atoms with Crippen LogP contribution in [0.25, 0.3) is 5.65 Å². The number of rotatable bonds is 6. The van der Waals surface area contributed by atoms with Crippen LogP contribution in [0.4, 0.5) is 5.82 Å². The molecule has 1 amide bonds. The molecule has 162 valence electrons. The Kier molecular flexibility index (Phi) is 5.34. The molecule has 2 fully saturated rings. The second kappa shape index (κ2) is 8.29. The van der Waals surface area contributed by atoms with Crippen molar-refractivity contribution in [1.29, 1.82) is 0 Å². The Labute approximate surface area is 183 Å². The van der Waals surface area contributed by atoms with E-state index in [0.29, 0.717) is 17.9 Å². The fraction of sp³-hybridized carbons (Fsp3) is 0.500. The molecule has 0 atom stereocenters. The van der Waals surface area contributed by atoms with Crippen molar-refractivity contribution in [2.75, 3.05) is 18.0 Å². The zero-order valence-electron chi connectivity index (χ0n) is 18.3. The lowest BCUT2D eigenvalue weighted by Gasteiger charge is -2.35. The first kappa shape index (κ1) is 20.0. The molecule has 7 heteroatoms. The van der Waals surface area contributed by atoms with Crippen molar-refractivity contribution < 1.29 is 4.79 Å². The van der Waals surface area contributed by atoms with E-state index in [0.717, 1.165) is 56.8 Å². The van der Waals surface area contributed by atoms with Gasteiger partial charge in [-0.25, -0.2) is 0 Å². The van der Waals surface area contributed by atoms with E-state index in [-0.39, 0.29) is 5.92 Å². The summed E-state index contributed by atoms with van der Waals surface area (Å²) in [5.74, 6) is 1.88. The van der Waals surface area contributed by atoms with Crippen molar-refractivity contribution in [3.05, 3.63) is 53.9 Å². The normalized spacial score (nSPS) is 17.5. The summed E-state index contributed by atoms with van der Waals surface area (Å²) in [4.78, 5) is 17.8. The van der Waals surface area contributed by atoms with Crippen molar-refractivity contribution in [1.82, 2.24) is 24.7 Å². The van der Waals surface area contributed by atoms with Crippen LogP contribution in [0.3, 0.4) is 0 Å². The van der Waals surface area contributed by atoms with Gasteiger partial charge in [-0.05, 0) is 54.9 Å². The first-order valence-corrected chi connectivity index (χ1v) is 11.4. The molecule has 5 rings (SSSR count). The highest BCUT2D eigenvalue weighted by atomic mass is 16.2. The topological polar surface area (TPSA) is 66.6 Å². The second-order valence-electron chi connectivity index (χ2n) is 9.18. The number of hydrogen-bond donors (Lipinski definition) is 0. The van der Waals surface area contributed by atoms with Gasteiger partial charge in [0.1, 0.15) is 12.1 Å². The van der Waals surface area contributed by atoms with Gasteiger partial charge in [-0.1, -0.05) is 38.1 Å². The van der Waals surface area contributed by atoms with E-state index in [9.17, 15) is 4.79 Å². The molecule has 0 radical (unpaired) electrons. The monoisotopic (exact) mass is 418 g/mol. The largest absolute Gasteiger partial charge is 0.355 e. The van der Waals surface area contributed by atoms with Crippen molar-refractivity contribution in [2.24, 2.45) is 5.92 Å². The van der Waals surface area contributed by atoms with Gasteiger partial charge < -0.3 is 9.80 Å². The zero-order valence-corrected chi connectivity index (χ0v) is 18.3. The molecule has 31 heavy (non-hydrogen) atoms. The highest BCUT2D eigenvalue weighted by molar-refractivity contribution is 5.80. The Morgan fingerprint density at radius 1 is 1.06 bits per heavy atom. The molecule has 1 aliphatic heterocycles. The maximum Gasteiger partial charge on any atom is 0.226 e. The molecular weight excluding hydrogens is 388 g/mol. The third kappa shape index (κ3) is 4.27. The molecule has 1 aromatic carbocycles. The highest BCUT2D eigenvalue weighted by Crippen LogP contribution is 2.32. The molecule has 1 saturated heterocycles. The van der Waals surface area contributed by atoms with Crippen LogP contribution in [0.15, 0.2) is 42.7 Å². The van der Waals surface area contributed by atoms with Crippen LogP contribution in [0, 0.1) is 5.92 Å². The van der Waals surface area contributed by atoms with E-state index >= 15 is 0 Å². The van der Waals surface area contributed by atoms with E-state index in [2.05, 4.69) is 63.2 Å². The zero-order chi connectivity index (χ0) is 21.4. The minimum atomic E-state index is 0.102. The summed E-state index contributed by atoms with van der Waals surface area (Å²) in [6.07, 6.45) is 5.64.